The van der Waals surface area contributed by atoms with Gasteiger partial charge in [-0.15, -0.1) is 0 Å². The van der Waals surface area contributed by atoms with Crippen molar-refractivity contribution in [1.29, 1.82) is 0 Å². The summed E-state index contributed by atoms with van der Waals surface area (Å²) in [5, 5.41) is 0.691. The molecule has 4 nitrogen and oxygen atoms in total. The summed E-state index contributed by atoms with van der Waals surface area (Å²) in [6, 6.07) is 18.9. The van der Waals surface area contributed by atoms with Crippen LogP contribution in [0.2, 0.25) is 5.02 Å². The topological polar surface area (TPSA) is 44.8 Å². The Bertz CT molecular complexity index is 1030. The van der Waals surface area contributed by atoms with Crippen LogP contribution in [0, 0.1) is 13.8 Å². The molecule has 0 saturated heterocycles. The molecule has 0 aliphatic heterocycles. The summed E-state index contributed by atoms with van der Waals surface area (Å²) in [4.78, 5) is 12.2. The van der Waals surface area contributed by atoms with Crippen molar-refractivity contribution in [2.45, 2.75) is 13.8 Å². The number of rotatable bonds is 7. The van der Waals surface area contributed by atoms with Gasteiger partial charge in [-0.2, -0.15) is 0 Å². The number of hydrogen-bond acceptors (Lipinski definition) is 4. The van der Waals surface area contributed by atoms with Gasteiger partial charge in [-0.05, 0) is 60.4 Å². The molecule has 0 aliphatic carbocycles. The zero-order valence-electron chi connectivity index (χ0n) is 17.1. The smallest absolute Gasteiger partial charge is 0.349 e. The highest BCUT2D eigenvalue weighted by atomic mass is 35.5. The number of hydrogen-bond donors (Lipinski definition) is 0. The average Bonchev–Trinajstić information content (AvgIpc) is 2.76. The van der Waals surface area contributed by atoms with Crippen molar-refractivity contribution in [2.75, 3.05) is 13.7 Å². The molecule has 3 rings (SSSR count). The summed E-state index contributed by atoms with van der Waals surface area (Å²) in [5.74, 6) is 0.856. The summed E-state index contributed by atoms with van der Waals surface area (Å²) in [5.41, 5.74) is 3.80. The third-order valence-corrected chi connectivity index (χ3v) is 5.04. The van der Waals surface area contributed by atoms with E-state index in [4.69, 9.17) is 25.8 Å². The van der Waals surface area contributed by atoms with E-state index in [9.17, 15) is 4.79 Å². The van der Waals surface area contributed by atoms with Gasteiger partial charge in [0.05, 0.1) is 7.11 Å². The molecule has 3 aromatic carbocycles. The van der Waals surface area contributed by atoms with Crippen LogP contribution in [0.3, 0.4) is 0 Å². The van der Waals surface area contributed by atoms with Gasteiger partial charge < -0.3 is 14.2 Å². The predicted octanol–water partition coefficient (Wildman–Crippen LogP) is 6.12. The number of aryl methyl sites for hydroxylation is 2. The number of ether oxygens (including phenoxy) is 3. The molecular weight excluding hydrogens is 400 g/mol. The van der Waals surface area contributed by atoms with Crippen molar-refractivity contribution >= 4 is 29.7 Å². The van der Waals surface area contributed by atoms with E-state index in [0.29, 0.717) is 22.3 Å². The maximum absolute atomic E-state index is 12.2. The second-order valence-corrected chi connectivity index (χ2v) is 7.17. The molecule has 0 atom stereocenters. The molecule has 0 saturated carbocycles. The number of carbonyl (C=O) groups excluding carboxylic acids is 1. The van der Waals surface area contributed by atoms with Crippen molar-refractivity contribution in [2.24, 2.45) is 0 Å². The van der Waals surface area contributed by atoms with E-state index in [0.717, 1.165) is 22.3 Å². The number of halogens is 1. The van der Waals surface area contributed by atoms with Crippen LogP contribution in [0.25, 0.3) is 12.2 Å². The first-order chi connectivity index (χ1) is 14.5. The Hall–Kier alpha value is -3.24. The fraction of sp³-hybridized carbons (Fsp3) is 0.160. The number of carbonyl (C=O) groups is 1. The molecule has 5 heteroatoms. The second-order valence-electron chi connectivity index (χ2n) is 6.79. The molecule has 30 heavy (non-hydrogen) atoms. The lowest BCUT2D eigenvalue weighted by molar-refractivity contribution is -0.136. The van der Waals surface area contributed by atoms with Gasteiger partial charge in [-0.1, -0.05) is 60.2 Å². The summed E-state index contributed by atoms with van der Waals surface area (Å²) < 4.78 is 16.4. The molecule has 0 aliphatic rings. The fourth-order valence-electron chi connectivity index (χ4n) is 2.91. The van der Waals surface area contributed by atoms with Gasteiger partial charge in [0.1, 0.15) is 5.75 Å². The first kappa shape index (κ1) is 21.5. The molecule has 0 aromatic heterocycles. The number of methoxy groups -OCH3 is 1. The van der Waals surface area contributed by atoms with Gasteiger partial charge in [0, 0.05) is 5.02 Å². The molecule has 0 heterocycles. The monoisotopic (exact) mass is 422 g/mol. The zero-order valence-corrected chi connectivity index (χ0v) is 17.9. The Morgan fingerprint density at radius 2 is 1.57 bits per heavy atom. The van der Waals surface area contributed by atoms with Crippen LogP contribution in [-0.4, -0.2) is 19.7 Å². The van der Waals surface area contributed by atoms with Crippen molar-refractivity contribution < 1.29 is 19.0 Å². The Morgan fingerprint density at radius 3 is 2.23 bits per heavy atom. The first-order valence-corrected chi connectivity index (χ1v) is 9.85. The minimum Gasteiger partial charge on any atom is -0.493 e. The normalized spacial score (nSPS) is 10.8. The lowest BCUT2D eigenvalue weighted by Crippen LogP contribution is -2.18. The van der Waals surface area contributed by atoms with E-state index in [-0.39, 0.29) is 6.61 Å². The molecule has 3 aromatic rings. The Kier molecular flexibility index (Phi) is 7.15. The van der Waals surface area contributed by atoms with Crippen molar-refractivity contribution in [3.05, 3.63) is 87.9 Å². The van der Waals surface area contributed by atoms with Crippen molar-refractivity contribution in [3.63, 3.8) is 0 Å². The molecule has 0 spiro atoms. The highest BCUT2D eigenvalue weighted by Gasteiger charge is 2.12. The molecule has 0 fully saturated rings. The Morgan fingerprint density at radius 1 is 0.900 bits per heavy atom. The maximum Gasteiger partial charge on any atom is 0.349 e. The van der Waals surface area contributed by atoms with Crippen LogP contribution in [0.15, 0.2) is 60.7 Å². The standard InChI is InChI=1S/C25H23ClO4/c1-17-13-21(14-18(2)25(17)26)29-16-24(27)30-22-12-11-20(15-23(22)28-3)10-9-19-7-5-4-6-8-19/h4-15H,16H2,1-3H3. The van der Waals surface area contributed by atoms with E-state index >= 15 is 0 Å². The largest absolute Gasteiger partial charge is 0.493 e. The van der Waals surface area contributed by atoms with Crippen LogP contribution >= 0.6 is 11.6 Å². The molecule has 154 valence electrons. The maximum atomic E-state index is 12.2. The third-order valence-electron chi connectivity index (χ3n) is 4.45. The number of benzene rings is 3. The van der Waals surface area contributed by atoms with E-state index in [2.05, 4.69) is 0 Å². The first-order valence-electron chi connectivity index (χ1n) is 9.47. The highest BCUT2D eigenvalue weighted by molar-refractivity contribution is 6.32. The van der Waals surface area contributed by atoms with Crippen LogP contribution in [0.1, 0.15) is 22.3 Å². The summed E-state index contributed by atoms with van der Waals surface area (Å²) in [7, 11) is 1.53. The average molecular weight is 423 g/mol. The minimum atomic E-state index is -0.522. The Balaban J connectivity index is 1.64. The SMILES string of the molecule is COc1cc(C=Cc2ccccc2)ccc1OC(=O)COc1cc(C)c(Cl)c(C)c1. The Labute approximate surface area is 181 Å². The van der Waals surface area contributed by atoms with Gasteiger partial charge in [0.2, 0.25) is 0 Å². The summed E-state index contributed by atoms with van der Waals surface area (Å²) in [6.45, 7) is 3.55. The molecule has 0 unspecified atom stereocenters. The number of esters is 1. The lowest BCUT2D eigenvalue weighted by atomic mass is 10.1. The van der Waals surface area contributed by atoms with E-state index in [1.54, 1.807) is 18.2 Å². The summed E-state index contributed by atoms with van der Waals surface area (Å²) in [6.07, 6.45) is 3.97. The second kappa shape index (κ2) is 9.99. The van der Waals surface area contributed by atoms with Crippen molar-refractivity contribution in [1.82, 2.24) is 0 Å². The van der Waals surface area contributed by atoms with Gasteiger partial charge in [-0.3, -0.25) is 0 Å². The quantitative estimate of drug-likeness (QED) is 0.261. The van der Waals surface area contributed by atoms with Gasteiger partial charge in [0.25, 0.3) is 0 Å². The van der Waals surface area contributed by atoms with Crippen LogP contribution in [-0.2, 0) is 4.79 Å². The van der Waals surface area contributed by atoms with E-state index < -0.39 is 5.97 Å². The van der Waals surface area contributed by atoms with Gasteiger partial charge in [-0.25, -0.2) is 4.79 Å². The summed E-state index contributed by atoms with van der Waals surface area (Å²) >= 11 is 6.16. The predicted molar refractivity (Wildman–Crippen MR) is 120 cm³/mol. The molecule has 0 bridgehead atoms. The molecule has 0 amide bonds. The van der Waals surface area contributed by atoms with Crippen LogP contribution < -0.4 is 14.2 Å². The molecular formula is C25H23ClO4. The fourth-order valence-corrected chi connectivity index (χ4v) is 3.02. The zero-order chi connectivity index (χ0) is 21.5. The molecule has 0 radical (unpaired) electrons. The van der Waals surface area contributed by atoms with Gasteiger partial charge in [0.15, 0.2) is 18.1 Å². The van der Waals surface area contributed by atoms with Gasteiger partial charge >= 0.3 is 5.97 Å². The highest BCUT2D eigenvalue weighted by Crippen LogP contribution is 2.29. The minimum absolute atomic E-state index is 0.223. The lowest BCUT2D eigenvalue weighted by Gasteiger charge is -2.12. The van der Waals surface area contributed by atoms with Crippen LogP contribution in [0.4, 0.5) is 0 Å². The molecule has 0 N–H and O–H groups in total. The van der Waals surface area contributed by atoms with E-state index in [1.807, 2.05) is 68.5 Å². The third kappa shape index (κ3) is 5.65. The van der Waals surface area contributed by atoms with E-state index in [1.165, 1.54) is 7.11 Å². The van der Waals surface area contributed by atoms with Crippen LogP contribution in [0.5, 0.6) is 17.2 Å². The van der Waals surface area contributed by atoms with Crippen molar-refractivity contribution in [3.8, 4) is 17.2 Å².